The number of rotatable bonds is 8. The Balaban J connectivity index is 0.00000220. The van der Waals surface area contributed by atoms with Gasteiger partial charge in [-0.05, 0) is 37.5 Å². The molecule has 124 valence electrons. The minimum absolute atomic E-state index is 0. The van der Waals surface area contributed by atoms with E-state index in [1.54, 1.807) is 0 Å². The van der Waals surface area contributed by atoms with Gasteiger partial charge < -0.3 is 11.1 Å². The topological polar surface area (TPSA) is 55.1 Å². The van der Waals surface area contributed by atoms with E-state index in [4.69, 9.17) is 5.73 Å². The summed E-state index contributed by atoms with van der Waals surface area (Å²) in [7, 11) is 0. The first-order valence-electron chi connectivity index (χ1n) is 8.75. The van der Waals surface area contributed by atoms with E-state index in [0.717, 1.165) is 25.2 Å². The molecule has 3 nitrogen and oxygen atoms in total. The van der Waals surface area contributed by atoms with Gasteiger partial charge in [0, 0.05) is 18.5 Å². The van der Waals surface area contributed by atoms with Gasteiger partial charge in [0.25, 0.3) is 0 Å². The van der Waals surface area contributed by atoms with Gasteiger partial charge in [-0.3, -0.25) is 4.79 Å². The minimum Gasteiger partial charge on any atom is -0.352 e. The molecule has 0 spiro atoms. The van der Waals surface area contributed by atoms with Crippen molar-refractivity contribution in [2.75, 3.05) is 6.54 Å². The number of amides is 1. The van der Waals surface area contributed by atoms with Gasteiger partial charge in [0.05, 0.1) is 0 Å². The van der Waals surface area contributed by atoms with Crippen molar-refractivity contribution in [3.05, 3.63) is 0 Å². The zero-order valence-corrected chi connectivity index (χ0v) is 14.3. The first kappa shape index (κ1) is 18.8. The highest BCUT2D eigenvalue weighted by Crippen LogP contribution is 2.33. The predicted octanol–water partition coefficient (Wildman–Crippen LogP) is 3.65. The summed E-state index contributed by atoms with van der Waals surface area (Å²) in [5.41, 5.74) is 5.81. The molecule has 21 heavy (non-hydrogen) atoms. The fraction of sp³-hybridized carbons (Fsp3) is 0.941. The first-order chi connectivity index (χ1) is 9.74. The van der Waals surface area contributed by atoms with Gasteiger partial charge in [0.1, 0.15) is 0 Å². The summed E-state index contributed by atoms with van der Waals surface area (Å²) >= 11 is 0. The van der Waals surface area contributed by atoms with Crippen LogP contribution in [0.25, 0.3) is 0 Å². The second kappa shape index (κ2) is 9.68. The maximum Gasteiger partial charge on any atom is 0.223 e. The summed E-state index contributed by atoms with van der Waals surface area (Å²) in [6.45, 7) is 2.78. The quantitative estimate of drug-likeness (QED) is 0.718. The first-order valence-corrected chi connectivity index (χ1v) is 8.75. The number of nitrogens with two attached hydrogens (primary N) is 1. The zero-order valence-electron chi connectivity index (χ0n) is 13.5. The fourth-order valence-electron chi connectivity index (χ4n) is 3.70. The van der Waals surface area contributed by atoms with Gasteiger partial charge in [-0.1, -0.05) is 45.4 Å². The molecular weight excluding hydrogens is 284 g/mol. The summed E-state index contributed by atoms with van der Waals surface area (Å²) in [5, 5.41) is 3.24. The van der Waals surface area contributed by atoms with Gasteiger partial charge in [-0.25, -0.2) is 0 Å². The van der Waals surface area contributed by atoms with Gasteiger partial charge in [0.15, 0.2) is 0 Å². The minimum atomic E-state index is 0. The number of halogens is 1. The molecule has 0 saturated heterocycles. The summed E-state index contributed by atoms with van der Waals surface area (Å²) in [5.74, 6) is 1.93. The Bertz CT molecular complexity index is 301. The normalized spacial score (nSPS) is 22.2. The predicted molar refractivity (Wildman–Crippen MR) is 90.5 cm³/mol. The van der Waals surface area contributed by atoms with E-state index in [2.05, 4.69) is 12.2 Å². The van der Waals surface area contributed by atoms with Crippen LogP contribution in [0.3, 0.4) is 0 Å². The molecule has 2 atom stereocenters. The maximum atomic E-state index is 12.5. The highest BCUT2D eigenvalue weighted by Gasteiger charge is 2.33. The van der Waals surface area contributed by atoms with Crippen LogP contribution in [0.1, 0.15) is 71.1 Å². The number of carbonyl (C=O) groups is 1. The Kier molecular flexibility index (Phi) is 8.65. The van der Waals surface area contributed by atoms with Crippen molar-refractivity contribution in [1.82, 2.24) is 5.32 Å². The summed E-state index contributed by atoms with van der Waals surface area (Å²) < 4.78 is 0. The molecule has 0 aromatic rings. The van der Waals surface area contributed by atoms with Crippen LogP contribution in [0.2, 0.25) is 0 Å². The Morgan fingerprint density at radius 3 is 2.38 bits per heavy atom. The Labute approximate surface area is 136 Å². The Morgan fingerprint density at radius 2 is 1.86 bits per heavy atom. The van der Waals surface area contributed by atoms with Crippen molar-refractivity contribution in [2.24, 2.45) is 23.5 Å². The summed E-state index contributed by atoms with van der Waals surface area (Å²) in [6.07, 6.45) is 12.5. The molecule has 3 N–H and O–H groups in total. The number of nitrogens with one attached hydrogen (secondary N) is 1. The molecule has 2 saturated carbocycles. The highest BCUT2D eigenvalue weighted by molar-refractivity contribution is 5.85. The van der Waals surface area contributed by atoms with E-state index >= 15 is 0 Å². The summed E-state index contributed by atoms with van der Waals surface area (Å²) in [4.78, 5) is 12.5. The zero-order chi connectivity index (χ0) is 14.4. The molecule has 2 rings (SSSR count). The molecule has 2 aliphatic carbocycles. The Hall–Kier alpha value is -0.280. The number of hydrogen-bond donors (Lipinski definition) is 2. The van der Waals surface area contributed by atoms with Crippen LogP contribution in [0, 0.1) is 17.8 Å². The maximum absolute atomic E-state index is 12.5. The molecular formula is C17H33ClN2O. The van der Waals surface area contributed by atoms with E-state index in [1.165, 1.54) is 44.9 Å². The van der Waals surface area contributed by atoms with Crippen molar-refractivity contribution >= 4 is 18.3 Å². The highest BCUT2D eigenvalue weighted by atomic mass is 35.5. The van der Waals surface area contributed by atoms with Crippen molar-refractivity contribution < 1.29 is 4.79 Å². The SMILES string of the molecule is CCCC(CC1CCCCC1)C(=O)NC(CN)C1CC1.Cl. The van der Waals surface area contributed by atoms with Gasteiger partial charge >= 0.3 is 0 Å². The molecule has 0 aromatic carbocycles. The van der Waals surface area contributed by atoms with Crippen LogP contribution in [0.15, 0.2) is 0 Å². The molecule has 2 unspecified atom stereocenters. The molecule has 4 heteroatoms. The lowest BCUT2D eigenvalue weighted by Crippen LogP contribution is -2.44. The monoisotopic (exact) mass is 316 g/mol. The van der Waals surface area contributed by atoms with Crippen molar-refractivity contribution in [1.29, 1.82) is 0 Å². The third kappa shape index (κ3) is 6.15. The second-order valence-corrected chi connectivity index (χ2v) is 6.91. The molecule has 0 aromatic heterocycles. The third-order valence-corrected chi connectivity index (χ3v) is 5.12. The van der Waals surface area contributed by atoms with Crippen LogP contribution in [-0.4, -0.2) is 18.5 Å². The van der Waals surface area contributed by atoms with Crippen molar-refractivity contribution in [2.45, 2.75) is 77.2 Å². The fourth-order valence-corrected chi connectivity index (χ4v) is 3.70. The molecule has 0 radical (unpaired) electrons. The van der Waals surface area contributed by atoms with E-state index in [9.17, 15) is 4.79 Å². The number of carbonyl (C=O) groups excluding carboxylic acids is 1. The van der Waals surface area contributed by atoms with Crippen LogP contribution in [0.4, 0.5) is 0 Å². The van der Waals surface area contributed by atoms with E-state index in [1.807, 2.05) is 0 Å². The lowest BCUT2D eigenvalue weighted by atomic mass is 9.81. The molecule has 0 bridgehead atoms. The lowest BCUT2D eigenvalue weighted by molar-refractivity contribution is -0.126. The third-order valence-electron chi connectivity index (χ3n) is 5.12. The van der Waals surface area contributed by atoms with Crippen LogP contribution in [0.5, 0.6) is 0 Å². The standard InChI is InChI=1S/C17H32N2O.ClH/c1-2-6-15(11-13-7-4-3-5-8-13)17(20)19-16(12-18)14-9-10-14;/h13-16H,2-12,18H2,1H3,(H,19,20);1H. The molecule has 0 heterocycles. The Morgan fingerprint density at radius 1 is 1.19 bits per heavy atom. The summed E-state index contributed by atoms with van der Waals surface area (Å²) in [6, 6.07) is 0.230. The smallest absolute Gasteiger partial charge is 0.223 e. The second-order valence-electron chi connectivity index (χ2n) is 6.91. The molecule has 2 aliphatic rings. The van der Waals surface area contributed by atoms with Gasteiger partial charge in [-0.2, -0.15) is 0 Å². The van der Waals surface area contributed by atoms with Crippen molar-refractivity contribution in [3.8, 4) is 0 Å². The molecule has 2 fully saturated rings. The van der Waals surface area contributed by atoms with Gasteiger partial charge in [0.2, 0.25) is 5.91 Å². The average molecular weight is 317 g/mol. The van der Waals surface area contributed by atoms with E-state index in [-0.39, 0.29) is 30.3 Å². The lowest BCUT2D eigenvalue weighted by Gasteiger charge is -2.27. The van der Waals surface area contributed by atoms with Gasteiger partial charge in [-0.15, -0.1) is 12.4 Å². The van der Waals surface area contributed by atoms with E-state index in [0.29, 0.717) is 12.5 Å². The molecule has 1 amide bonds. The van der Waals surface area contributed by atoms with Crippen LogP contribution >= 0.6 is 12.4 Å². The number of hydrogen-bond acceptors (Lipinski definition) is 2. The van der Waals surface area contributed by atoms with Crippen LogP contribution in [-0.2, 0) is 4.79 Å². The van der Waals surface area contributed by atoms with Crippen molar-refractivity contribution in [3.63, 3.8) is 0 Å². The average Bonchev–Trinajstić information content (AvgIpc) is 3.30. The van der Waals surface area contributed by atoms with Crippen LogP contribution < -0.4 is 11.1 Å². The largest absolute Gasteiger partial charge is 0.352 e. The molecule has 0 aliphatic heterocycles. The van der Waals surface area contributed by atoms with E-state index < -0.39 is 0 Å².